The van der Waals surface area contributed by atoms with Crippen molar-refractivity contribution in [3.05, 3.63) is 11.1 Å². The quantitative estimate of drug-likeness (QED) is 0.596. The molecule has 2 saturated carbocycles. The molecule has 17 heavy (non-hydrogen) atoms. The summed E-state index contributed by atoms with van der Waals surface area (Å²) in [5, 5.41) is 10.2. The second-order valence-corrected chi connectivity index (χ2v) is 5.13. The molecule has 1 N–H and O–H groups in total. The van der Waals surface area contributed by atoms with E-state index in [1.165, 1.54) is 24.0 Å². The van der Waals surface area contributed by atoms with E-state index in [4.69, 9.17) is 9.47 Å². The number of ether oxygens (including phenoxy) is 2. The first-order chi connectivity index (χ1) is 8.23. The fourth-order valence-electron chi connectivity index (χ4n) is 3.29. The van der Waals surface area contributed by atoms with Gasteiger partial charge in [0.15, 0.2) is 5.79 Å². The summed E-state index contributed by atoms with van der Waals surface area (Å²) in [5.41, 5.74) is 2.42. The molecule has 0 bridgehead atoms. The SMILES string of the molecule is COC1(OC)CCCC/C1=C1/CCCCC1O. The van der Waals surface area contributed by atoms with E-state index in [1.54, 1.807) is 14.2 Å². The normalized spacial score (nSPS) is 33.7. The highest BCUT2D eigenvalue weighted by molar-refractivity contribution is 5.27. The second-order valence-electron chi connectivity index (χ2n) is 5.13. The van der Waals surface area contributed by atoms with Crippen LogP contribution >= 0.6 is 0 Å². The third kappa shape index (κ3) is 2.42. The van der Waals surface area contributed by atoms with Crippen molar-refractivity contribution in [3.8, 4) is 0 Å². The third-order valence-electron chi connectivity index (χ3n) is 4.27. The van der Waals surface area contributed by atoms with Gasteiger partial charge in [-0.1, -0.05) is 6.42 Å². The van der Waals surface area contributed by atoms with Crippen molar-refractivity contribution in [1.82, 2.24) is 0 Å². The van der Waals surface area contributed by atoms with Crippen LogP contribution in [0.1, 0.15) is 51.4 Å². The van der Waals surface area contributed by atoms with Crippen molar-refractivity contribution < 1.29 is 14.6 Å². The molecule has 0 radical (unpaired) electrons. The summed E-state index contributed by atoms with van der Waals surface area (Å²) in [6.45, 7) is 0. The van der Waals surface area contributed by atoms with Crippen LogP contribution in [0.25, 0.3) is 0 Å². The van der Waals surface area contributed by atoms with Gasteiger partial charge in [-0.05, 0) is 49.7 Å². The van der Waals surface area contributed by atoms with Gasteiger partial charge in [-0.2, -0.15) is 0 Å². The number of hydrogen-bond acceptors (Lipinski definition) is 3. The topological polar surface area (TPSA) is 38.7 Å². The van der Waals surface area contributed by atoms with Crippen molar-refractivity contribution in [3.63, 3.8) is 0 Å². The third-order valence-corrected chi connectivity index (χ3v) is 4.27. The first-order valence-electron chi connectivity index (χ1n) is 6.74. The zero-order chi connectivity index (χ0) is 12.3. The van der Waals surface area contributed by atoms with E-state index in [0.29, 0.717) is 0 Å². The number of rotatable bonds is 2. The van der Waals surface area contributed by atoms with Crippen LogP contribution in [0.4, 0.5) is 0 Å². The Balaban J connectivity index is 2.34. The van der Waals surface area contributed by atoms with Crippen LogP contribution in [0, 0.1) is 0 Å². The zero-order valence-corrected chi connectivity index (χ0v) is 11.0. The predicted octanol–water partition coefficient (Wildman–Crippen LogP) is 2.78. The van der Waals surface area contributed by atoms with Crippen LogP contribution in [0.2, 0.25) is 0 Å². The molecule has 2 aliphatic rings. The number of aliphatic hydroxyl groups excluding tert-OH is 1. The highest BCUT2D eigenvalue weighted by Crippen LogP contribution is 2.41. The highest BCUT2D eigenvalue weighted by atomic mass is 16.7. The van der Waals surface area contributed by atoms with Gasteiger partial charge in [0.05, 0.1) is 6.10 Å². The minimum atomic E-state index is -0.564. The van der Waals surface area contributed by atoms with Gasteiger partial charge in [-0.15, -0.1) is 0 Å². The summed E-state index contributed by atoms with van der Waals surface area (Å²) in [5.74, 6) is -0.564. The monoisotopic (exact) mass is 240 g/mol. The summed E-state index contributed by atoms with van der Waals surface area (Å²) in [7, 11) is 3.43. The molecule has 0 saturated heterocycles. The van der Waals surface area contributed by atoms with E-state index in [2.05, 4.69) is 0 Å². The van der Waals surface area contributed by atoms with E-state index in [-0.39, 0.29) is 6.10 Å². The first kappa shape index (κ1) is 13.1. The molecule has 0 aromatic carbocycles. The average Bonchev–Trinajstić information content (AvgIpc) is 2.39. The van der Waals surface area contributed by atoms with Crippen LogP contribution in [0.5, 0.6) is 0 Å². The molecule has 1 atom stereocenters. The lowest BCUT2D eigenvalue weighted by atomic mass is 9.79. The molecule has 2 rings (SSSR count). The molecule has 0 heterocycles. The highest BCUT2D eigenvalue weighted by Gasteiger charge is 2.39. The number of methoxy groups -OCH3 is 2. The average molecular weight is 240 g/mol. The number of aliphatic hydroxyl groups is 1. The maximum atomic E-state index is 10.2. The summed E-state index contributed by atoms with van der Waals surface area (Å²) in [6, 6.07) is 0. The van der Waals surface area contributed by atoms with Gasteiger partial charge in [0.1, 0.15) is 0 Å². The van der Waals surface area contributed by atoms with Gasteiger partial charge in [0, 0.05) is 20.6 Å². The minimum absolute atomic E-state index is 0.276. The van der Waals surface area contributed by atoms with E-state index in [0.717, 1.165) is 38.5 Å². The van der Waals surface area contributed by atoms with E-state index in [9.17, 15) is 5.11 Å². The predicted molar refractivity (Wildman–Crippen MR) is 66.7 cm³/mol. The van der Waals surface area contributed by atoms with E-state index in [1.807, 2.05) is 0 Å². The van der Waals surface area contributed by atoms with Gasteiger partial charge >= 0.3 is 0 Å². The van der Waals surface area contributed by atoms with Crippen molar-refractivity contribution in [1.29, 1.82) is 0 Å². The van der Waals surface area contributed by atoms with Gasteiger partial charge < -0.3 is 14.6 Å². The lowest BCUT2D eigenvalue weighted by Crippen LogP contribution is -2.40. The summed E-state index contributed by atoms with van der Waals surface area (Å²) in [6.07, 6.45) is 8.16. The Morgan fingerprint density at radius 2 is 1.76 bits per heavy atom. The molecule has 3 heteroatoms. The molecule has 1 unspecified atom stereocenters. The second kappa shape index (κ2) is 5.51. The van der Waals surface area contributed by atoms with Gasteiger partial charge in [0.2, 0.25) is 0 Å². The fraction of sp³-hybridized carbons (Fsp3) is 0.857. The lowest BCUT2D eigenvalue weighted by molar-refractivity contribution is -0.191. The van der Waals surface area contributed by atoms with Gasteiger partial charge in [0.25, 0.3) is 0 Å². The molecule has 2 fully saturated rings. The minimum Gasteiger partial charge on any atom is -0.389 e. The molecule has 3 nitrogen and oxygen atoms in total. The summed E-state index contributed by atoms with van der Waals surface area (Å²) < 4.78 is 11.3. The van der Waals surface area contributed by atoms with Gasteiger partial charge in [-0.25, -0.2) is 0 Å². The maximum Gasteiger partial charge on any atom is 0.190 e. The van der Waals surface area contributed by atoms with Crippen LogP contribution in [0.15, 0.2) is 11.1 Å². The molecular weight excluding hydrogens is 216 g/mol. The van der Waals surface area contributed by atoms with Crippen LogP contribution in [-0.2, 0) is 9.47 Å². The molecule has 0 aromatic rings. The fourth-order valence-corrected chi connectivity index (χ4v) is 3.29. The Bertz CT molecular complexity index is 292. The van der Waals surface area contributed by atoms with Gasteiger partial charge in [-0.3, -0.25) is 0 Å². The van der Waals surface area contributed by atoms with Crippen molar-refractivity contribution in [2.45, 2.75) is 63.3 Å². The van der Waals surface area contributed by atoms with Crippen molar-refractivity contribution in [2.24, 2.45) is 0 Å². The molecule has 0 spiro atoms. The smallest absolute Gasteiger partial charge is 0.190 e. The van der Waals surface area contributed by atoms with Crippen molar-refractivity contribution in [2.75, 3.05) is 14.2 Å². The van der Waals surface area contributed by atoms with Crippen LogP contribution in [-0.4, -0.2) is 31.2 Å². The number of hydrogen-bond donors (Lipinski definition) is 1. The van der Waals surface area contributed by atoms with E-state index < -0.39 is 5.79 Å². The summed E-state index contributed by atoms with van der Waals surface area (Å²) >= 11 is 0. The van der Waals surface area contributed by atoms with Crippen LogP contribution < -0.4 is 0 Å². The molecule has 0 aromatic heterocycles. The molecule has 0 aliphatic heterocycles. The Morgan fingerprint density at radius 1 is 1.06 bits per heavy atom. The zero-order valence-electron chi connectivity index (χ0n) is 11.0. The van der Waals surface area contributed by atoms with Crippen molar-refractivity contribution >= 4 is 0 Å². The lowest BCUT2D eigenvalue weighted by Gasteiger charge is -2.40. The van der Waals surface area contributed by atoms with E-state index >= 15 is 0 Å². The Hall–Kier alpha value is -0.380. The summed E-state index contributed by atoms with van der Waals surface area (Å²) in [4.78, 5) is 0. The first-order valence-corrected chi connectivity index (χ1v) is 6.74. The molecule has 98 valence electrons. The molecule has 0 amide bonds. The van der Waals surface area contributed by atoms with Crippen LogP contribution in [0.3, 0.4) is 0 Å². The standard InChI is InChI=1S/C14H24O3/c1-16-14(17-2)10-6-5-8-12(14)11-7-3-4-9-13(11)15/h13,15H,3-10H2,1-2H3/b12-11+. The molecular formula is C14H24O3. The molecule has 2 aliphatic carbocycles. The Kier molecular flexibility index (Phi) is 4.23. The maximum absolute atomic E-state index is 10.2. The Morgan fingerprint density at radius 3 is 2.41 bits per heavy atom. The Labute approximate surface area is 104 Å². The largest absolute Gasteiger partial charge is 0.389 e.